The predicted molar refractivity (Wildman–Crippen MR) is 85.4 cm³/mol. The highest BCUT2D eigenvalue weighted by Crippen LogP contribution is 2.13. The van der Waals surface area contributed by atoms with E-state index in [0.29, 0.717) is 6.42 Å². The molecule has 0 spiro atoms. The molecular formula is C16H29NO5. The first kappa shape index (κ1) is 22.4. The summed E-state index contributed by atoms with van der Waals surface area (Å²) in [5.41, 5.74) is 4.53. The van der Waals surface area contributed by atoms with Gasteiger partial charge in [-0.25, -0.2) is 0 Å². The van der Waals surface area contributed by atoms with Crippen LogP contribution in [0.25, 0.3) is 0 Å². The minimum atomic E-state index is -1.23. The van der Waals surface area contributed by atoms with Gasteiger partial charge in [0.15, 0.2) is 5.92 Å². The molecule has 1 amide bonds. The van der Waals surface area contributed by atoms with Gasteiger partial charge in [0.2, 0.25) is 5.91 Å². The van der Waals surface area contributed by atoms with Gasteiger partial charge in [0.25, 0.3) is 0 Å². The molecule has 0 aliphatic carbocycles. The van der Waals surface area contributed by atoms with E-state index < -0.39 is 23.8 Å². The third-order valence-corrected chi connectivity index (χ3v) is 3.14. The number of carbonyl (C=O) groups is 3. The van der Waals surface area contributed by atoms with Crippen molar-refractivity contribution in [3.05, 3.63) is 12.7 Å². The highest BCUT2D eigenvalue weighted by atomic mass is 16.4. The Hall–Kier alpha value is -1.85. The maximum Gasteiger partial charge on any atom is 0.317 e. The normalized spacial score (nSPS) is 9.73. The molecule has 0 aliphatic heterocycles. The van der Waals surface area contributed by atoms with Gasteiger partial charge in [-0.2, -0.15) is 0 Å². The number of carboxylic acids is 2. The highest BCUT2D eigenvalue weighted by molar-refractivity contribution is 5.92. The predicted octanol–water partition coefficient (Wildman–Crippen LogP) is 2.96. The zero-order chi connectivity index (χ0) is 17.4. The quantitative estimate of drug-likeness (QED) is 0.291. The zero-order valence-electron chi connectivity index (χ0n) is 13.4. The summed E-state index contributed by atoms with van der Waals surface area (Å²) in [5.74, 6) is -4.15. The molecule has 22 heavy (non-hydrogen) atoms. The molecule has 128 valence electrons. The van der Waals surface area contributed by atoms with Crippen molar-refractivity contribution in [2.24, 2.45) is 11.7 Å². The van der Waals surface area contributed by atoms with Crippen LogP contribution in [0.5, 0.6) is 0 Å². The van der Waals surface area contributed by atoms with Crippen molar-refractivity contribution in [1.29, 1.82) is 0 Å². The van der Waals surface area contributed by atoms with Crippen molar-refractivity contribution in [1.82, 2.24) is 0 Å². The molecular weight excluding hydrogens is 286 g/mol. The largest absolute Gasteiger partial charge is 0.481 e. The van der Waals surface area contributed by atoms with Crippen molar-refractivity contribution in [2.75, 3.05) is 0 Å². The fraction of sp³-hybridized carbons (Fsp3) is 0.688. The number of nitrogens with two attached hydrogens (primary N) is 1. The van der Waals surface area contributed by atoms with Crippen LogP contribution >= 0.6 is 0 Å². The number of carbonyl (C=O) groups excluding carboxylic acids is 1. The van der Waals surface area contributed by atoms with E-state index in [0.717, 1.165) is 18.9 Å². The van der Waals surface area contributed by atoms with Gasteiger partial charge in [0.05, 0.1) is 0 Å². The second kappa shape index (κ2) is 15.5. The SMILES string of the molecule is C=CC(N)=O.CCCCCCCCCCC(C(=O)O)C(=O)O. The lowest BCUT2D eigenvalue weighted by molar-refractivity contribution is -0.154. The van der Waals surface area contributed by atoms with E-state index in [2.05, 4.69) is 19.2 Å². The third-order valence-electron chi connectivity index (χ3n) is 3.14. The lowest BCUT2D eigenvalue weighted by Crippen LogP contribution is -2.23. The second-order valence-electron chi connectivity index (χ2n) is 5.10. The Balaban J connectivity index is 0. The maximum absolute atomic E-state index is 10.6. The maximum atomic E-state index is 10.6. The summed E-state index contributed by atoms with van der Waals surface area (Å²) in [5, 5.41) is 17.3. The summed E-state index contributed by atoms with van der Waals surface area (Å²) in [6.45, 7) is 5.26. The van der Waals surface area contributed by atoms with Crippen LogP contribution in [-0.2, 0) is 14.4 Å². The molecule has 0 radical (unpaired) electrons. The number of hydrogen-bond acceptors (Lipinski definition) is 3. The summed E-state index contributed by atoms with van der Waals surface area (Å²) in [6.07, 6.45) is 10.2. The minimum absolute atomic E-state index is 0.250. The van der Waals surface area contributed by atoms with Crippen molar-refractivity contribution in [3.63, 3.8) is 0 Å². The molecule has 0 aromatic carbocycles. The number of carboxylic acid groups (broad SMARTS) is 2. The van der Waals surface area contributed by atoms with Gasteiger partial charge in [-0.15, -0.1) is 0 Å². The zero-order valence-corrected chi connectivity index (χ0v) is 13.4. The Bertz CT molecular complexity index is 327. The summed E-state index contributed by atoms with van der Waals surface area (Å²) in [7, 11) is 0. The standard InChI is InChI=1S/C13H24O4.C3H5NO/c1-2-3-4-5-6-7-8-9-10-11(12(14)15)13(16)17;1-2-3(4)5/h11H,2-10H2,1H3,(H,14,15)(H,16,17);2H,1H2,(H2,4,5). The Kier molecular flexibility index (Phi) is 15.8. The Morgan fingerprint density at radius 2 is 1.32 bits per heavy atom. The monoisotopic (exact) mass is 315 g/mol. The van der Waals surface area contributed by atoms with Gasteiger partial charge in [-0.1, -0.05) is 64.9 Å². The van der Waals surface area contributed by atoms with Crippen LogP contribution in [0.15, 0.2) is 12.7 Å². The van der Waals surface area contributed by atoms with Crippen molar-refractivity contribution in [3.8, 4) is 0 Å². The number of primary amides is 1. The number of aliphatic carboxylic acids is 2. The van der Waals surface area contributed by atoms with Crippen LogP contribution in [0, 0.1) is 5.92 Å². The van der Waals surface area contributed by atoms with Crippen LogP contribution in [0.2, 0.25) is 0 Å². The van der Waals surface area contributed by atoms with Crippen molar-refractivity contribution < 1.29 is 24.6 Å². The molecule has 0 unspecified atom stereocenters. The number of amides is 1. The molecule has 0 saturated carbocycles. The average Bonchev–Trinajstić information content (AvgIpc) is 2.45. The summed E-state index contributed by atoms with van der Waals surface area (Å²) < 4.78 is 0. The van der Waals surface area contributed by atoms with Gasteiger partial charge in [-0.05, 0) is 12.5 Å². The third kappa shape index (κ3) is 16.2. The molecule has 0 saturated heterocycles. The van der Waals surface area contributed by atoms with E-state index in [4.69, 9.17) is 10.2 Å². The van der Waals surface area contributed by atoms with Crippen molar-refractivity contribution in [2.45, 2.75) is 64.7 Å². The minimum Gasteiger partial charge on any atom is -0.481 e. The molecule has 0 bridgehead atoms. The average molecular weight is 315 g/mol. The van der Waals surface area contributed by atoms with E-state index in [-0.39, 0.29) is 6.42 Å². The molecule has 0 atom stereocenters. The van der Waals surface area contributed by atoms with E-state index in [1.807, 2.05) is 0 Å². The molecule has 0 aromatic heterocycles. The molecule has 0 rings (SSSR count). The van der Waals surface area contributed by atoms with Crippen molar-refractivity contribution >= 4 is 17.8 Å². The van der Waals surface area contributed by atoms with Crippen LogP contribution in [-0.4, -0.2) is 28.1 Å². The van der Waals surface area contributed by atoms with Gasteiger partial charge in [0, 0.05) is 0 Å². The first-order valence-corrected chi connectivity index (χ1v) is 7.74. The first-order chi connectivity index (χ1) is 10.4. The van der Waals surface area contributed by atoms with Crippen LogP contribution in [0.3, 0.4) is 0 Å². The van der Waals surface area contributed by atoms with Gasteiger partial charge < -0.3 is 15.9 Å². The van der Waals surface area contributed by atoms with Crippen LogP contribution in [0.1, 0.15) is 64.7 Å². The van der Waals surface area contributed by atoms with Gasteiger partial charge >= 0.3 is 11.9 Å². The van der Waals surface area contributed by atoms with E-state index in [1.165, 1.54) is 32.1 Å². The molecule has 0 aromatic rings. The number of unbranched alkanes of at least 4 members (excludes halogenated alkanes) is 7. The number of rotatable bonds is 12. The Labute approximate surface area is 132 Å². The summed E-state index contributed by atoms with van der Waals surface area (Å²) >= 11 is 0. The molecule has 0 fully saturated rings. The smallest absolute Gasteiger partial charge is 0.317 e. The van der Waals surface area contributed by atoms with Gasteiger partial charge in [0.1, 0.15) is 0 Å². The first-order valence-electron chi connectivity index (χ1n) is 7.74. The lowest BCUT2D eigenvalue weighted by atomic mass is 10.0. The second-order valence-corrected chi connectivity index (χ2v) is 5.10. The summed E-state index contributed by atoms with van der Waals surface area (Å²) in [4.78, 5) is 30.7. The van der Waals surface area contributed by atoms with E-state index in [9.17, 15) is 14.4 Å². The molecule has 4 N–H and O–H groups in total. The molecule has 6 nitrogen and oxygen atoms in total. The summed E-state index contributed by atoms with van der Waals surface area (Å²) in [6, 6.07) is 0. The van der Waals surface area contributed by atoms with Crippen LogP contribution in [0.4, 0.5) is 0 Å². The van der Waals surface area contributed by atoms with Gasteiger partial charge in [-0.3, -0.25) is 14.4 Å². The number of hydrogen-bond donors (Lipinski definition) is 3. The lowest BCUT2D eigenvalue weighted by Gasteiger charge is -2.06. The fourth-order valence-corrected chi connectivity index (χ4v) is 1.83. The molecule has 6 heteroatoms. The van der Waals surface area contributed by atoms with E-state index in [1.54, 1.807) is 0 Å². The Morgan fingerprint density at radius 3 is 1.64 bits per heavy atom. The van der Waals surface area contributed by atoms with Crippen LogP contribution < -0.4 is 5.73 Å². The molecule has 0 heterocycles. The fourth-order valence-electron chi connectivity index (χ4n) is 1.83. The molecule has 0 aliphatic rings. The highest BCUT2D eigenvalue weighted by Gasteiger charge is 2.24. The topological polar surface area (TPSA) is 118 Å². The van der Waals surface area contributed by atoms with E-state index >= 15 is 0 Å². The Morgan fingerprint density at radius 1 is 0.955 bits per heavy atom.